The molecule has 2 bridgehead atoms. The van der Waals surface area contributed by atoms with Gasteiger partial charge >= 0.3 is 0 Å². The van der Waals surface area contributed by atoms with Gasteiger partial charge in [-0.25, -0.2) is 0 Å². The van der Waals surface area contributed by atoms with Crippen LogP contribution in [0.4, 0.5) is 0 Å². The van der Waals surface area contributed by atoms with Crippen molar-refractivity contribution in [2.24, 2.45) is 0 Å². The van der Waals surface area contributed by atoms with Crippen LogP contribution in [-0.4, -0.2) is 24.4 Å². The van der Waals surface area contributed by atoms with Crippen LogP contribution in [0.15, 0.2) is 36.4 Å². The highest BCUT2D eigenvalue weighted by Crippen LogP contribution is 2.44. The van der Waals surface area contributed by atoms with E-state index in [1.165, 1.54) is 0 Å². The lowest BCUT2D eigenvalue weighted by atomic mass is 9.83. The molecule has 2 atom stereocenters. The average Bonchev–Trinajstić information content (AvgIpc) is 2.85. The van der Waals surface area contributed by atoms with E-state index in [-0.39, 0.29) is 12.2 Å². The third-order valence-electron chi connectivity index (χ3n) is 4.91. The van der Waals surface area contributed by atoms with E-state index in [9.17, 15) is 5.11 Å². The number of hydrogen-bond donors (Lipinski definition) is 1. The SMILES string of the molecule is COc1ccc2cc(C3(O)CC4CCC(C3)O4)ccc2c1. The Morgan fingerprint density at radius 1 is 1.05 bits per heavy atom. The Bertz CT molecular complexity index is 667. The molecule has 2 aromatic carbocycles. The Morgan fingerprint density at radius 2 is 1.71 bits per heavy atom. The zero-order chi connectivity index (χ0) is 14.4. The fourth-order valence-electron chi connectivity index (χ4n) is 3.79. The van der Waals surface area contributed by atoms with E-state index in [0.717, 1.165) is 34.9 Å². The van der Waals surface area contributed by atoms with Gasteiger partial charge in [0.15, 0.2) is 0 Å². The smallest absolute Gasteiger partial charge is 0.119 e. The molecule has 2 saturated heterocycles. The maximum Gasteiger partial charge on any atom is 0.119 e. The Morgan fingerprint density at radius 3 is 2.43 bits per heavy atom. The van der Waals surface area contributed by atoms with Gasteiger partial charge in [-0.2, -0.15) is 0 Å². The van der Waals surface area contributed by atoms with Crippen LogP contribution in [0, 0.1) is 0 Å². The summed E-state index contributed by atoms with van der Waals surface area (Å²) >= 11 is 0. The van der Waals surface area contributed by atoms with Crippen molar-refractivity contribution in [1.82, 2.24) is 0 Å². The summed E-state index contributed by atoms with van der Waals surface area (Å²) in [6, 6.07) is 12.3. The lowest BCUT2D eigenvalue weighted by Crippen LogP contribution is -2.38. The van der Waals surface area contributed by atoms with Gasteiger partial charge in [-0.1, -0.05) is 18.2 Å². The molecule has 2 fully saturated rings. The molecule has 0 aliphatic carbocycles. The highest BCUT2D eigenvalue weighted by Gasteiger charge is 2.44. The van der Waals surface area contributed by atoms with Crippen molar-refractivity contribution >= 4 is 10.8 Å². The largest absolute Gasteiger partial charge is 0.497 e. The molecule has 110 valence electrons. The molecule has 21 heavy (non-hydrogen) atoms. The van der Waals surface area contributed by atoms with Gasteiger partial charge in [0.2, 0.25) is 0 Å². The number of benzene rings is 2. The molecular formula is C18H20O3. The van der Waals surface area contributed by atoms with E-state index >= 15 is 0 Å². The number of hydrogen-bond acceptors (Lipinski definition) is 3. The molecule has 3 nitrogen and oxygen atoms in total. The predicted octanol–water partition coefficient (Wildman–Crippen LogP) is 3.38. The van der Waals surface area contributed by atoms with Crippen LogP contribution < -0.4 is 4.74 Å². The van der Waals surface area contributed by atoms with Crippen LogP contribution in [-0.2, 0) is 10.3 Å². The first-order valence-corrected chi connectivity index (χ1v) is 7.62. The van der Waals surface area contributed by atoms with Crippen molar-refractivity contribution in [3.63, 3.8) is 0 Å². The fraction of sp³-hybridized carbons (Fsp3) is 0.444. The summed E-state index contributed by atoms with van der Waals surface area (Å²) in [5.74, 6) is 0.859. The summed E-state index contributed by atoms with van der Waals surface area (Å²) in [5, 5.41) is 13.4. The molecule has 2 unspecified atom stereocenters. The number of fused-ring (bicyclic) bond motifs is 3. The van der Waals surface area contributed by atoms with E-state index in [0.29, 0.717) is 12.8 Å². The lowest BCUT2D eigenvalue weighted by molar-refractivity contribution is -0.115. The molecule has 1 N–H and O–H groups in total. The number of ether oxygens (including phenoxy) is 2. The van der Waals surface area contributed by atoms with Gasteiger partial charge < -0.3 is 14.6 Å². The van der Waals surface area contributed by atoms with Crippen LogP contribution >= 0.6 is 0 Å². The third-order valence-corrected chi connectivity index (χ3v) is 4.91. The first kappa shape index (κ1) is 13.1. The molecule has 2 aliphatic rings. The van der Waals surface area contributed by atoms with Crippen LogP contribution in [0.5, 0.6) is 5.75 Å². The molecule has 2 aromatic rings. The van der Waals surface area contributed by atoms with Gasteiger partial charge in [0.25, 0.3) is 0 Å². The van der Waals surface area contributed by atoms with Crippen molar-refractivity contribution in [2.75, 3.05) is 7.11 Å². The molecule has 2 heterocycles. The molecule has 0 saturated carbocycles. The normalized spacial score (nSPS) is 31.5. The predicted molar refractivity (Wildman–Crippen MR) is 81.5 cm³/mol. The molecule has 0 aromatic heterocycles. The first-order valence-electron chi connectivity index (χ1n) is 7.62. The molecule has 0 spiro atoms. The van der Waals surface area contributed by atoms with Gasteiger partial charge in [0, 0.05) is 12.8 Å². The minimum absolute atomic E-state index is 0.223. The van der Waals surface area contributed by atoms with Crippen molar-refractivity contribution in [3.05, 3.63) is 42.0 Å². The molecule has 0 radical (unpaired) electrons. The fourth-order valence-corrected chi connectivity index (χ4v) is 3.79. The summed E-state index contributed by atoms with van der Waals surface area (Å²) in [7, 11) is 1.68. The number of rotatable bonds is 2. The Balaban J connectivity index is 1.73. The first-order chi connectivity index (χ1) is 10.2. The van der Waals surface area contributed by atoms with E-state index in [1.54, 1.807) is 7.11 Å². The Labute approximate surface area is 124 Å². The van der Waals surface area contributed by atoms with E-state index in [4.69, 9.17) is 9.47 Å². The third kappa shape index (κ3) is 2.21. The standard InChI is InChI=1S/C18H20O3/c1-20-15-5-3-12-8-14(4-2-13(12)9-15)18(19)10-16-6-7-17(11-18)21-16/h2-5,8-9,16-17,19H,6-7,10-11H2,1H3. The Hall–Kier alpha value is -1.58. The van der Waals surface area contributed by atoms with Crippen LogP contribution in [0.1, 0.15) is 31.2 Å². The summed E-state index contributed by atoms with van der Waals surface area (Å²) in [5.41, 5.74) is 0.276. The highest BCUT2D eigenvalue weighted by atomic mass is 16.5. The molecule has 4 rings (SSSR count). The van der Waals surface area contributed by atoms with Gasteiger partial charge in [-0.15, -0.1) is 0 Å². The van der Waals surface area contributed by atoms with Gasteiger partial charge in [-0.05, 0) is 47.4 Å². The minimum atomic E-state index is -0.738. The van der Waals surface area contributed by atoms with Crippen LogP contribution in [0.25, 0.3) is 10.8 Å². The summed E-state index contributed by atoms with van der Waals surface area (Å²) in [6.07, 6.45) is 4.03. The second-order valence-corrected chi connectivity index (χ2v) is 6.33. The van der Waals surface area contributed by atoms with E-state index in [2.05, 4.69) is 18.2 Å². The van der Waals surface area contributed by atoms with Gasteiger partial charge in [0.1, 0.15) is 5.75 Å². The molecular weight excluding hydrogens is 264 g/mol. The Kier molecular flexibility index (Phi) is 2.95. The van der Waals surface area contributed by atoms with Crippen LogP contribution in [0.3, 0.4) is 0 Å². The maximum atomic E-state index is 11.1. The highest BCUT2D eigenvalue weighted by molar-refractivity contribution is 5.84. The van der Waals surface area contributed by atoms with Gasteiger partial charge in [-0.3, -0.25) is 0 Å². The second-order valence-electron chi connectivity index (χ2n) is 6.33. The minimum Gasteiger partial charge on any atom is -0.497 e. The maximum absolute atomic E-state index is 11.1. The molecule has 3 heteroatoms. The zero-order valence-corrected chi connectivity index (χ0v) is 12.2. The van der Waals surface area contributed by atoms with Crippen molar-refractivity contribution in [2.45, 2.75) is 43.5 Å². The van der Waals surface area contributed by atoms with Gasteiger partial charge in [0.05, 0.1) is 24.9 Å². The topological polar surface area (TPSA) is 38.7 Å². The van der Waals surface area contributed by atoms with Crippen molar-refractivity contribution in [1.29, 1.82) is 0 Å². The van der Waals surface area contributed by atoms with E-state index in [1.807, 2.05) is 18.2 Å². The van der Waals surface area contributed by atoms with Crippen LogP contribution in [0.2, 0.25) is 0 Å². The quantitative estimate of drug-likeness (QED) is 0.919. The monoisotopic (exact) mass is 284 g/mol. The summed E-state index contributed by atoms with van der Waals surface area (Å²) in [6.45, 7) is 0. The van der Waals surface area contributed by atoms with Crippen molar-refractivity contribution < 1.29 is 14.6 Å². The lowest BCUT2D eigenvalue weighted by Gasteiger charge is -2.37. The number of aliphatic hydroxyl groups is 1. The molecule has 2 aliphatic heterocycles. The zero-order valence-electron chi connectivity index (χ0n) is 12.2. The summed E-state index contributed by atoms with van der Waals surface area (Å²) in [4.78, 5) is 0. The van der Waals surface area contributed by atoms with E-state index < -0.39 is 5.60 Å². The van der Waals surface area contributed by atoms with Crippen molar-refractivity contribution in [3.8, 4) is 5.75 Å². The second kappa shape index (κ2) is 4.72. The molecule has 0 amide bonds. The summed E-state index contributed by atoms with van der Waals surface area (Å²) < 4.78 is 11.1. The number of methoxy groups -OCH3 is 1. The average molecular weight is 284 g/mol.